The van der Waals surface area contributed by atoms with Crippen molar-refractivity contribution in [3.63, 3.8) is 0 Å². The van der Waals surface area contributed by atoms with Crippen molar-refractivity contribution in [2.75, 3.05) is 13.3 Å². The first kappa shape index (κ1) is 12.2. The average Bonchev–Trinajstić information content (AvgIpc) is 3.08. The summed E-state index contributed by atoms with van der Waals surface area (Å²) in [5.74, 6) is -0.0812. The first-order chi connectivity index (χ1) is 9.24. The van der Waals surface area contributed by atoms with Gasteiger partial charge in [-0.2, -0.15) is 0 Å². The van der Waals surface area contributed by atoms with Crippen LogP contribution in [-0.4, -0.2) is 36.0 Å². The molecule has 0 aromatic heterocycles. The van der Waals surface area contributed by atoms with Gasteiger partial charge in [0, 0.05) is 6.42 Å². The van der Waals surface area contributed by atoms with Crippen LogP contribution in [0.4, 0.5) is 0 Å². The van der Waals surface area contributed by atoms with Gasteiger partial charge in [-0.1, -0.05) is 30.3 Å². The van der Waals surface area contributed by atoms with E-state index in [4.69, 9.17) is 4.74 Å². The van der Waals surface area contributed by atoms with Crippen LogP contribution in [0, 0.1) is 0 Å². The van der Waals surface area contributed by atoms with E-state index >= 15 is 0 Å². The van der Waals surface area contributed by atoms with Crippen LogP contribution < -0.4 is 5.32 Å². The number of carbonyl (C=O) groups excluding carboxylic acids is 2. The van der Waals surface area contributed by atoms with E-state index < -0.39 is 0 Å². The molecule has 2 unspecified atom stereocenters. The Bertz CT molecular complexity index is 489. The lowest BCUT2D eigenvalue weighted by atomic mass is 10.1. The fourth-order valence-electron chi connectivity index (χ4n) is 2.53. The van der Waals surface area contributed by atoms with Gasteiger partial charge in [0.15, 0.2) is 0 Å². The average molecular weight is 260 g/mol. The van der Waals surface area contributed by atoms with Crippen LogP contribution in [0.5, 0.6) is 0 Å². The van der Waals surface area contributed by atoms with Gasteiger partial charge in [0.2, 0.25) is 11.8 Å². The summed E-state index contributed by atoms with van der Waals surface area (Å²) in [6.45, 7) is 0.847. The largest absolute Gasteiger partial charge is 0.351 e. The van der Waals surface area contributed by atoms with Crippen LogP contribution in [0.15, 0.2) is 30.3 Å². The van der Waals surface area contributed by atoms with Crippen molar-refractivity contribution in [2.45, 2.75) is 25.0 Å². The number of hydrogen-bond acceptors (Lipinski definition) is 3. The molecule has 19 heavy (non-hydrogen) atoms. The fraction of sp³-hybridized carbons (Fsp3) is 0.429. The van der Waals surface area contributed by atoms with E-state index in [2.05, 4.69) is 5.32 Å². The van der Waals surface area contributed by atoms with E-state index in [0.29, 0.717) is 26.1 Å². The molecule has 0 radical (unpaired) electrons. The van der Waals surface area contributed by atoms with Gasteiger partial charge in [-0.3, -0.25) is 9.59 Å². The van der Waals surface area contributed by atoms with Crippen molar-refractivity contribution >= 4 is 11.8 Å². The SMILES string of the molecule is O=C1CCC(C(=O)N2COC(c3ccccc3)C2)N1. The summed E-state index contributed by atoms with van der Waals surface area (Å²) >= 11 is 0. The standard InChI is InChI=1S/C14H16N2O3/c17-13-7-6-11(15-13)14(18)16-8-12(19-9-16)10-4-2-1-3-5-10/h1-5,11-12H,6-9H2,(H,15,17). The van der Waals surface area contributed by atoms with Crippen LogP contribution >= 0.6 is 0 Å². The van der Waals surface area contributed by atoms with Gasteiger partial charge in [0.1, 0.15) is 18.9 Å². The molecule has 2 aliphatic rings. The summed E-state index contributed by atoms with van der Waals surface area (Å²) in [4.78, 5) is 25.0. The number of rotatable bonds is 2. The van der Waals surface area contributed by atoms with Crippen LogP contribution in [-0.2, 0) is 14.3 Å². The Morgan fingerprint density at radius 2 is 2.11 bits per heavy atom. The molecule has 3 rings (SSSR count). The quantitative estimate of drug-likeness (QED) is 0.856. The van der Waals surface area contributed by atoms with Crippen molar-refractivity contribution in [1.82, 2.24) is 10.2 Å². The minimum absolute atomic E-state index is 0.0377. The zero-order chi connectivity index (χ0) is 13.2. The van der Waals surface area contributed by atoms with E-state index in [1.165, 1.54) is 0 Å². The van der Waals surface area contributed by atoms with Crippen molar-refractivity contribution < 1.29 is 14.3 Å². The van der Waals surface area contributed by atoms with Crippen LogP contribution in [0.3, 0.4) is 0 Å². The molecule has 2 aliphatic heterocycles. The smallest absolute Gasteiger partial charge is 0.247 e. The number of carbonyl (C=O) groups is 2. The van der Waals surface area contributed by atoms with Gasteiger partial charge < -0.3 is 15.0 Å². The summed E-state index contributed by atoms with van der Waals surface area (Å²) in [6, 6.07) is 9.49. The first-order valence-electron chi connectivity index (χ1n) is 6.49. The molecule has 2 atom stereocenters. The minimum atomic E-state index is -0.370. The van der Waals surface area contributed by atoms with Gasteiger partial charge in [0.25, 0.3) is 0 Å². The number of nitrogens with zero attached hydrogens (tertiary/aromatic N) is 1. The molecule has 1 aromatic carbocycles. The second kappa shape index (κ2) is 5.01. The maximum atomic E-state index is 12.2. The molecule has 5 heteroatoms. The molecular formula is C14H16N2O3. The van der Waals surface area contributed by atoms with Gasteiger partial charge in [-0.05, 0) is 12.0 Å². The monoisotopic (exact) mass is 260 g/mol. The van der Waals surface area contributed by atoms with E-state index in [0.717, 1.165) is 5.56 Å². The lowest BCUT2D eigenvalue weighted by Gasteiger charge is -2.18. The normalized spacial score (nSPS) is 26.5. The summed E-state index contributed by atoms with van der Waals surface area (Å²) in [5.41, 5.74) is 1.08. The zero-order valence-corrected chi connectivity index (χ0v) is 10.5. The zero-order valence-electron chi connectivity index (χ0n) is 10.5. The number of hydrogen-bond donors (Lipinski definition) is 1. The predicted octanol–water partition coefficient (Wildman–Crippen LogP) is 0.823. The van der Waals surface area contributed by atoms with Gasteiger partial charge >= 0.3 is 0 Å². The molecule has 2 fully saturated rings. The second-order valence-corrected chi connectivity index (χ2v) is 4.91. The molecule has 1 aromatic rings. The Kier molecular flexibility index (Phi) is 3.21. The van der Waals surface area contributed by atoms with E-state index in [1.807, 2.05) is 30.3 Å². The lowest BCUT2D eigenvalue weighted by molar-refractivity contribution is -0.134. The molecule has 100 valence electrons. The maximum absolute atomic E-state index is 12.2. The first-order valence-corrected chi connectivity index (χ1v) is 6.49. The molecule has 0 bridgehead atoms. The number of amides is 2. The molecular weight excluding hydrogens is 244 g/mol. The van der Waals surface area contributed by atoms with E-state index in [1.54, 1.807) is 4.90 Å². The topological polar surface area (TPSA) is 58.6 Å². The van der Waals surface area contributed by atoms with E-state index in [-0.39, 0.29) is 24.0 Å². The summed E-state index contributed by atoms with van der Waals surface area (Å²) in [7, 11) is 0. The highest BCUT2D eigenvalue weighted by molar-refractivity contribution is 5.90. The van der Waals surface area contributed by atoms with Crippen LogP contribution in [0.25, 0.3) is 0 Å². The molecule has 2 saturated heterocycles. The molecule has 0 saturated carbocycles. The number of ether oxygens (including phenoxy) is 1. The molecule has 2 heterocycles. The van der Waals surface area contributed by atoms with Gasteiger partial charge in [0.05, 0.1) is 6.54 Å². The molecule has 1 N–H and O–H groups in total. The molecule has 0 aliphatic carbocycles. The highest BCUT2D eigenvalue weighted by atomic mass is 16.5. The van der Waals surface area contributed by atoms with Crippen molar-refractivity contribution in [3.8, 4) is 0 Å². The fourth-order valence-corrected chi connectivity index (χ4v) is 2.53. The Labute approximate surface area is 111 Å². The van der Waals surface area contributed by atoms with Crippen LogP contribution in [0.2, 0.25) is 0 Å². The number of nitrogens with one attached hydrogen (secondary N) is 1. The maximum Gasteiger partial charge on any atom is 0.247 e. The molecule has 2 amide bonds. The minimum Gasteiger partial charge on any atom is -0.351 e. The number of benzene rings is 1. The van der Waals surface area contributed by atoms with Gasteiger partial charge in [-0.15, -0.1) is 0 Å². The Hall–Kier alpha value is -1.88. The van der Waals surface area contributed by atoms with Crippen molar-refractivity contribution in [1.29, 1.82) is 0 Å². The summed E-state index contributed by atoms with van der Waals surface area (Å²) in [6.07, 6.45) is 0.958. The predicted molar refractivity (Wildman–Crippen MR) is 68.0 cm³/mol. The highest BCUT2D eigenvalue weighted by Crippen LogP contribution is 2.25. The second-order valence-electron chi connectivity index (χ2n) is 4.91. The Morgan fingerprint density at radius 1 is 1.32 bits per heavy atom. The summed E-state index contributed by atoms with van der Waals surface area (Å²) < 4.78 is 5.65. The van der Waals surface area contributed by atoms with Crippen LogP contribution in [0.1, 0.15) is 24.5 Å². The van der Waals surface area contributed by atoms with Gasteiger partial charge in [-0.25, -0.2) is 0 Å². The third-order valence-corrected chi connectivity index (χ3v) is 3.59. The third kappa shape index (κ3) is 2.46. The lowest BCUT2D eigenvalue weighted by Crippen LogP contribution is -2.43. The van der Waals surface area contributed by atoms with Crippen molar-refractivity contribution in [3.05, 3.63) is 35.9 Å². The van der Waals surface area contributed by atoms with E-state index in [9.17, 15) is 9.59 Å². The third-order valence-electron chi connectivity index (χ3n) is 3.59. The molecule has 5 nitrogen and oxygen atoms in total. The van der Waals surface area contributed by atoms with Crippen molar-refractivity contribution in [2.24, 2.45) is 0 Å². The Balaban J connectivity index is 1.63. The highest BCUT2D eigenvalue weighted by Gasteiger charge is 2.35. The summed E-state index contributed by atoms with van der Waals surface area (Å²) in [5, 5.41) is 2.70. The Morgan fingerprint density at radius 3 is 2.79 bits per heavy atom. The molecule has 0 spiro atoms.